The van der Waals surface area contributed by atoms with Crippen LogP contribution in [0.25, 0.3) is 22.4 Å². The quantitative estimate of drug-likeness (QED) is 0.164. The summed E-state index contributed by atoms with van der Waals surface area (Å²) in [6.07, 6.45) is 11.0. The van der Waals surface area contributed by atoms with Crippen molar-refractivity contribution in [2.45, 2.75) is 45.1 Å². The van der Waals surface area contributed by atoms with Crippen molar-refractivity contribution >= 4 is 5.97 Å². The molecule has 0 amide bonds. The maximum absolute atomic E-state index is 12.3. The predicted octanol–water partition coefficient (Wildman–Crippen LogP) is 5.95. The average molecular weight is 441 g/mol. The summed E-state index contributed by atoms with van der Waals surface area (Å²) in [4.78, 5) is 16.5. The second kappa shape index (κ2) is 11.7. The lowest BCUT2D eigenvalue weighted by atomic mass is 10.0. The van der Waals surface area contributed by atoms with E-state index in [9.17, 15) is 4.79 Å². The van der Waals surface area contributed by atoms with E-state index in [0.717, 1.165) is 61.0 Å². The van der Waals surface area contributed by atoms with E-state index in [2.05, 4.69) is 15.3 Å². The molecule has 4 aromatic rings. The van der Waals surface area contributed by atoms with Crippen LogP contribution >= 0.6 is 0 Å². The number of hydrogen-bond donors (Lipinski definition) is 0. The number of nitrogens with zero attached hydrogens (tertiary/aromatic N) is 4. The number of unbranched alkanes of at least 4 members (excludes halogenated alkanes) is 4. The molecule has 2 aromatic carbocycles. The van der Waals surface area contributed by atoms with Gasteiger partial charge in [-0.1, -0.05) is 73.0 Å². The van der Waals surface area contributed by atoms with Crippen molar-refractivity contribution < 1.29 is 9.53 Å². The zero-order chi connectivity index (χ0) is 22.7. The fraction of sp³-hybridized carbons (Fsp3) is 0.259. The molecule has 0 radical (unpaired) electrons. The molecule has 168 valence electrons. The van der Waals surface area contributed by atoms with E-state index in [1.165, 1.54) is 0 Å². The lowest BCUT2D eigenvalue weighted by molar-refractivity contribution is -0.134. The van der Waals surface area contributed by atoms with E-state index in [-0.39, 0.29) is 5.97 Å². The molecule has 0 atom stereocenters. The number of pyridine rings is 1. The Balaban J connectivity index is 1.13. The number of hydrogen-bond acceptors (Lipinski definition) is 5. The fourth-order valence-corrected chi connectivity index (χ4v) is 3.71. The first kappa shape index (κ1) is 22.4. The van der Waals surface area contributed by atoms with Crippen LogP contribution in [0, 0.1) is 0 Å². The number of rotatable bonds is 11. The summed E-state index contributed by atoms with van der Waals surface area (Å²) in [7, 11) is 0. The highest BCUT2D eigenvalue weighted by molar-refractivity contribution is 5.77. The molecule has 2 aromatic heterocycles. The summed E-state index contributed by atoms with van der Waals surface area (Å²) in [6.45, 7) is 0.839. The van der Waals surface area contributed by atoms with Gasteiger partial charge in [0.1, 0.15) is 11.4 Å². The van der Waals surface area contributed by atoms with E-state index in [4.69, 9.17) is 4.74 Å². The Morgan fingerprint density at radius 3 is 2.42 bits per heavy atom. The SMILES string of the molecule is O=C(CCCCCCCn1cc(-c2cccnc2)nn1)Oc1ccccc1-c1ccccc1. The standard InChI is InChI=1S/C27H28N4O2/c32-27(33-26-16-9-8-15-24(26)22-12-5-4-6-13-22)17-7-2-1-3-10-19-31-21-25(29-30-31)23-14-11-18-28-20-23/h4-6,8-9,11-16,18,20-21H,1-3,7,10,17,19H2. The summed E-state index contributed by atoms with van der Waals surface area (Å²) >= 11 is 0. The maximum Gasteiger partial charge on any atom is 0.311 e. The minimum Gasteiger partial charge on any atom is -0.426 e. The first-order valence-electron chi connectivity index (χ1n) is 11.5. The maximum atomic E-state index is 12.3. The second-order valence-corrected chi connectivity index (χ2v) is 7.96. The van der Waals surface area contributed by atoms with Gasteiger partial charge in [0.05, 0.1) is 6.20 Å². The van der Waals surface area contributed by atoms with Gasteiger partial charge in [0, 0.05) is 36.5 Å². The van der Waals surface area contributed by atoms with Gasteiger partial charge in [-0.05, 0) is 36.6 Å². The van der Waals surface area contributed by atoms with Crippen LogP contribution in [0.5, 0.6) is 5.75 Å². The normalized spacial score (nSPS) is 10.8. The molecule has 0 aliphatic heterocycles. The number of esters is 1. The van der Waals surface area contributed by atoms with Crippen molar-refractivity contribution in [2.24, 2.45) is 0 Å². The van der Waals surface area contributed by atoms with E-state index in [1.54, 1.807) is 12.4 Å². The van der Waals surface area contributed by atoms with Gasteiger partial charge in [0.2, 0.25) is 0 Å². The second-order valence-electron chi connectivity index (χ2n) is 7.96. The fourth-order valence-electron chi connectivity index (χ4n) is 3.71. The number of benzene rings is 2. The zero-order valence-electron chi connectivity index (χ0n) is 18.6. The van der Waals surface area contributed by atoms with Gasteiger partial charge >= 0.3 is 5.97 Å². The van der Waals surface area contributed by atoms with Crippen molar-refractivity contribution in [3.05, 3.63) is 85.3 Å². The largest absolute Gasteiger partial charge is 0.426 e. The molecule has 0 spiro atoms. The average Bonchev–Trinajstić information content (AvgIpc) is 3.34. The molecule has 6 heteroatoms. The summed E-state index contributed by atoms with van der Waals surface area (Å²) in [6, 6.07) is 21.5. The summed E-state index contributed by atoms with van der Waals surface area (Å²) < 4.78 is 7.54. The van der Waals surface area contributed by atoms with Crippen LogP contribution in [0.4, 0.5) is 0 Å². The van der Waals surface area contributed by atoms with Crippen LogP contribution in [0.15, 0.2) is 85.3 Å². The Kier molecular flexibility index (Phi) is 7.95. The molecule has 4 rings (SSSR count). The zero-order valence-corrected chi connectivity index (χ0v) is 18.6. The van der Waals surface area contributed by atoms with Gasteiger partial charge in [-0.25, -0.2) is 0 Å². The summed E-state index contributed by atoms with van der Waals surface area (Å²) in [5.41, 5.74) is 3.80. The molecule has 0 aliphatic carbocycles. The lowest BCUT2D eigenvalue weighted by Crippen LogP contribution is -2.08. The smallest absolute Gasteiger partial charge is 0.311 e. The molecule has 33 heavy (non-hydrogen) atoms. The highest BCUT2D eigenvalue weighted by Crippen LogP contribution is 2.29. The topological polar surface area (TPSA) is 69.9 Å². The monoisotopic (exact) mass is 440 g/mol. The number of aryl methyl sites for hydroxylation is 1. The Bertz CT molecular complexity index is 1140. The molecule has 2 heterocycles. The first-order chi connectivity index (χ1) is 16.3. The third-order valence-corrected chi connectivity index (χ3v) is 5.46. The highest BCUT2D eigenvalue weighted by Gasteiger charge is 2.10. The molecule has 0 bridgehead atoms. The van der Waals surface area contributed by atoms with Crippen LogP contribution < -0.4 is 4.74 Å². The van der Waals surface area contributed by atoms with E-state index in [1.807, 2.05) is 77.6 Å². The summed E-state index contributed by atoms with van der Waals surface area (Å²) in [5.74, 6) is 0.441. The van der Waals surface area contributed by atoms with Crippen molar-refractivity contribution in [1.29, 1.82) is 0 Å². The molecule has 6 nitrogen and oxygen atoms in total. The molecular formula is C27H28N4O2. The Hall–Kier alpha value is -3.80. The lowest BCUT2D eigenvalue weighted by Gasteiger charge is -2.10. The number of ether oxygens (including phenoxy) is 1. The predicted molar refractivity (Wildman–Crippen MR) is 128 cm³/mol. The van der Waals surface area contributed by atoms with Crippen molar-refractivity contribution in [1.82, 2.24) is 20.0 Å². The van der Waals surface area contributed by atoms with Crippen molar-refractivity contribution in [3.8, 4) is 28.1 Å². The van der Waals surface area contributed by atoms with Crippen LogP contribution in [0.3, 0.4) is 0 Å². The third kappa shape index (κ3) is 6.59. The summed E-state index contributed by atoms with van der Waals surface area (Å²) in [5, 5.41) is 8.41. The van der Waals surface area contributed by atoms with Crippen LogP contribution in [-0.4, -0.2) is 25.9 Å². The third-order valence-electron chi connectivity index (χ3n) is 5.46. The molecule has 0 unspecified atom stereocenters. The number of aromatic nitrogens is 4. The van der Waals surface area contributed by atoms with Gasteiger partial charge in [-0.3, -0.25) is 14.5 Å². The van der Waals surface area contributed by atoms with Crippen LogP contribution in [-0.2, 0) is 11.3 Å². The molecular weight excluding hydrogens is 412 g/mol. The van der Waals surface area contributed by atoms with Gasteiger partial charge in [-0.2, -0.15) is 0 Å². The first-order valence-corrected chi connectivity index (χ1v) is 11.5. The van der Waals surface area contributed by atoms with Crippen molar-refractivity contribution in [3.63, 3.8) is 0 Å². The van der Waals surface area contributed by atoms with Gasteiger partial charge < -0.3 is 4.74 Å². The molecule has 0 N–H and O–H groups in total. The molecule has 0 aliphatic rings. The van der Waals surface area contributed by atoms with Crippen LogP contribution in [0.1, 0.15) is 38.5 Å². The van der Waals surface area contributed by atoms with Gasteiger partial charge in [0.25, 0.3) is 0 Å². The van der Waals surface area contributed by atoms with Gasteiger partial charge in [0.15, 0.2) is 0 Å². The van der Waals surface area contributed by atoms with Crippen molar-refractivity contribution in [2.75, 3.05) is 0 Å². The minimum atomic E-state index is -0.177. The molecule has 0 saturated carbocycles. The highest BCUT2D eigenvalue weighted by atomic mass is 16.5. The van der Waals surface area contributed by atoms with Gasteiger partial charge in [-0.15, -0.1) is 5.10 Å². The Morgan fingerprint density at radius 1 is 0.818 bits per heavy atom. The number of carbonyl (C=O) groups is 1. The van der Waals surface area contributed by atoms with E-state index in [0.29, 0.717) is 12.2 Å². The Morgan fingerprint density at radius 2 is 1.58 bits per heavy atom. The Labute approximate surface area is 194 Å². The van der Waals surface area contributed by atoms with E-state index < -0.39 is 0 Å². The molecule has 0 fully saturated rings. The molecule has 0 saturated heterocycles. The number of carbonyl (C=O) groups excluding carboxylic acids is 1. The minimum absolute atomic E-state index is 0.177. The van der Waals surface area contributed by atoms with Crippen LogP contribution in [0.2, 0.25) is 0 Å². The van der Waals surface area contributed by atoms with E-state index >= 15 is 0 Å². The number of para-hydroxylation sites is 1.